The molecule has 0 rings (SSSR count). The predicted octanol–water partition coefficient (Wildman–Crippen LogP) is 0.148. The number of rotatable bonds is 5. The Kier molecular flexibility index (Phi) is 4.80. The van der Waals surface area contributed by atoms with E-state index in [0.29, 0.717) is 0 Å². The molecule has 0 aromatic heterocycles. The quantitative estimate of drug-likeness (QED) is 0.327. The Morgan fingerprint density at radius 3 is 2.73 bits per heavy atom. The molecule has 0 saturated heterocycles. The summed E-state index contributed by atoms with van der Waals surface area (Å²) in [4.78, 5) is 23.9. The summed E-state index contributed by atoms with van der Waals surface area (Å²) in [5, 5.41) is 8.62. The van der Waals surface area contributed by atoms with Gasteiger partial charge in [-0.1, -0.05) is 0 Å². The van der Waals surface area contributed by atoms with Crippen LogP contribution in [0.15, 0.2) is 0 Å². The van der Waals surface area contributed by atoms with Gasteiger partial charge in [-0.05, 0) is 6.92 Å². The lowest BCUT2D eigenvalue weighted by Gasteiger charge is -1.99. The summed E-state index contributed by atoms with van der Waals surface area (Å²) in [5.41, 5.74) is 0. The second-order valence-corrected chi connectivity index (χ2v) is 1.61. The standard InChI is InChI=1S/C5H9NO5/c1-2-10-5(7)3-4-11-6(8)9/h2-4H2,1H3. The highest BCUT2D eigenvalue weighted by molar-refractivity contribution is 5.69. The molecule has 0 aliphatic rings. The van der Waals surface area contributed by atoms with Gasteiger partial charge in [0, 0.05) is 0 Å². The zero-order chi connectivity index (χ0) is 8.69. The first kappa shape index (κ1) is 9.67. The van der Waals surface area contributed by atoms with E-state index in [9.17, 15) is 14.9 Å². The van der Waals surface area contributed by atoms with Crippen LogP contribution >= 0.6 is 0 Å². The van der Waals surface area contributed by atoms with E-state index in [2.05, 4.69) is 9.57 Å². The van der Waals surface area contributed by atoms with Crippen molar-refractivity contribution in [3.8, 4) is 0 Å². The molecule has 6 heteroatoms. The van der Waals surface area contributed by atoms with Crippen LogP contribution in [0.2, 0.25) is 0 Å². The number of carbonyl (C=O) groups excluding carboxylic acids is 1. The van der Waals surface area contributed by atoms with E-state index in [1.165, 1.54) is 0 Å². The lowest BCUT2D eigenvalue weighted by Crippen LogP contribution is -2.10. The van der Waals surface area contributed by atoms with Crippen molar-refractivity contribution in [3.63, 3.8) is 0 Å². The van der Waals surface area contributed by atoms with Gasteiger partial charge in [0.2, 0.25) is 0 Å². The maximum absolute atomic E-state index is 10.5. The zero-order valence-electron chi connectivity index (χ0n) is 6.11. The Labute approximate surface area is 63.2 Å². The van der Waals surface area contributed by atoms with Crippen LogP contribution in [0.1, 0.15) is 13.3 Å². The average molecular weight is 163 g/mol. The van der Waals surface area contributed by atoms with E-state index in [1.807, 2.05) is 0 Å². The average Bonchev–Trinajstić information content (AvgIpc) is 1.87. The van der Waals surface area contributed by atoms with Gasteiger partial charge in [-0.15, -0.1) is 10.1 Å². The monoisotopic (exact) mass is 163 g/mol. The van der Waals surface area contributed by atoms with Crippen LogP contribution in [0.4, 0.5) is 0 Å². The molecule has 0 N–H and O–H groups in total. The SMILES string of the molecule is CCOC(=O)CCO[N+](=O)[O-]. The van der Waals surface area contributed by atoms with Crippen LogP contribution in [-0.2, 0) is 14.4 Å². The van der Waals surface area contributed by atoms with Crippen molar-refractivity contribution in [1.82, 2.24) is 0 Å². The molecule has 0 aliphatic carbocycles. The molecule has 0 saturated carbocycles. The van der Waals surface area contributed by atoms with Crippen LogP contribution < -0.4 is 0 Å². The summed E-state index contributed by atoms with van der Waals surface area (Å²) in [5.74, 6) is -0.491. The van der Waals surface area contributed by atoms with Crippen LogP contribution in [0.25, 0.3) is 0 Å². The smallest absolute Gasteiger partial charge is 0.307 e. The van der Waals surface area contributed by atoms with Crippen molar-refractivity contribution in [2.75, 3.05) is 13.2 Å². The fourth-order valence-corrected chi connectivity index (χ4v) is 0.437. The summed E-state index contributed by atoms with van der Waals surface area (Å²) in [6, 6.07) is 0. The first-order chi connectivity index (χ1) is 5.16. The van der Waals surface area contributed by atoms with Crippen molar-refractivity contribution < 1.29 is 19.5 Å². The minimum absolute atomic E-state index is 0.0885. The number of ether oxygens (including phenoxy) is 1. The highest BCUT2D eigenvalue weighted by atomic mass is 16.9. The second-order valence-electron chi connectivity index (χ2n) is 1.61. The molecule has 0 aliphatic heterocycles. The number of nitrogens with zero attached hydrogens (tertiary/aromatic N) is 1. The molecular weight excluding hydrogens is 154 g/mol. The van der Waals surface area contributed by atoms with Gasteiger partial charge in [0.05, 0.1) is 13.0 Å². The third kappa shape index (κ3) is 6.56. The molecule has 0 spiro atoms. The third-order valence-electron chi connectivity index (χ3n) is 0.808. The second kappa shape index (κ2) is 5.45. The van der Waals surface area contributed by atoms with Gasteiger partial charge in [0.15, 0.2) is 0 Å². The first-order valence-electron chi connectivity index (χ1n) is 3.09. The van der Waals surface area contributed by atoms with Crippen molar-refractivity contribution in [1.29, 1.82) is 0 Å². The topological polar surface area (TPSA) is 78.7 Å². The van der Waals surface area contributed by atoms with Crippen LogP contribution in [0.3, 0.4) is 0 Å². The molecule has 0 fully saturated rings. The Bertz CT molecular complexity index is 146. The molecule has 0 unspecified atom stereocenters. The summed E-state index contributed by atoms with van der Waals surface area (Å²) < 4.78 is 4.48. The Morgan fingerprint density at radius 1 is 1.64 bits per heavy atom. The molecular formula is C5H9NO5. The molecule has 0 radical (unpaired) electrons. The fraction of sp³-hybridized carbons (Fsp3) is 0.800. The minimum atomic E-state index is -0.945. The Balaban J connectivity index is 3.24. The van der Waals surface area contributed by atoms with Crippen molar-refractivity contribution in [2.45, 2.75) is 13.3 Å². The van der Waals surface area contributed by atoms with E-state index >= 15 is 0 Å². The maximum Gasteiger partial charge on any atom is 0.307 e. The first-order valence-corrected chi connectivity index (χ1v) is 3.09. The van der Waals surface area contributed by atoms with Gasteiger partial charge in [-0.3, -0.25) is 4.79 Å². The number of hydrogen-bond acceptors (Lipinski definition) is 5. The molecule has 0 atom stereocenters. The molecule has 6 nitrogen and oxygen atoms in total. The lowest BCUT2D eigenvalue weighted by molar-refractivity contribution is -0.757. The molecule has 0 amide bonds. The molecule has 11 heavy (non-hydrogen) atoms. The summed E-state index contributed by atoms with van der Waals surface area (Å²) >= 11 is 0. The van der Waals surface area contributed by atoms with Gasteiger partial charge in [-0.2, -0.15) is 0 Å². The zero-order valence-corrected chi connectivity index (χ0v) is 6.11. The summed E-state index contributed by atoms with van der Waals surface area (Å²) in [7, 11) is 0. The van der Waals surface area contributed by atoms with Crippen LogP contribution in [-0.4, -0.2) is 24.3 Å². The van der Waals surface area contributed by atoms with Crippen molar-refractivity contribution >= 4 is 5.97 Å². The maximum atomic E-state index is 10.5. The Morgan fingerprint density at radius 2 is 2.27 bits per heavy atom. The summed E-state index contributed by atoms with van der Waals surface area (Å²) in [6.45, 7) is 1.69. The molecule has 0 aromatic rings. The van der Waals surface area contributed by atoms with E-state index in [0.717, 1.165) is 0 Å². The van der Waals surface area contributed by atoms with Gasteiger partial charge in [-0.25, -0.2) is 0 Å². The Hall–Kier alpha value is -1.33. The van der Waals surface area contributed by atoms with E-state index in [1.54, 1.807) is 6.92 Å². The fourth-order valence-electron chi connectivity index (χ4n) is 0.437. The van der Waals surface area contributed by atoms with Gasteiger partial charge < -0.3 is 9.57 Å². The molecule has 0 bridgehead atoms. The van der Waals surface area contributed by atoms with E-state index in [-0.39, 0.29) is 19.6 Å². The highest BCUT2D eigenvalue weighted by Crippen LogP contribution is 1.87. The molecule has 0 heterocycles. The highest BCUT2D eigenvalue weighted by Gasteiger charge is 2.02. The largest absolute Gasteiger partial charge is 0.466 e. The van der Waals surface area contributed by atoms with Gasteiger partial charge in [0.1, 0.15) is 6.61 Å². The normalized spacial score (nSPS) is 8.82. The van der Waals surface area contributed by atoms with Crippen LogP contribution in [0.5, 0.6) is 0 Å². The molecule has 0 aromatic carbocycles. The van der Waals surface area contributed by atoms with Gasteiger partial charge in [0.25, 0.3) is 5.09 Å². The van der Waals surface area contributed by atoms with Crippen molar-refractivity contribution in [3.05, 3.63) is 10.1 Å². The minimum Gasteiger partial charge on any atom is -0.466 e. The van der Waals surface area contributed by atoms with E-state index in [4.69, 9.17) is 0 Å². The number of esters is 1. The van der Waals surface area contributed by atoms with Crippen molar-refractivity contribution in [2.24, 2.45) is 0 Å². The van der Waals surface area contributed by atoms with Crippen LogP contribution in [0, 0.1) is 10.1 Å². The number of hydrogen-bond donors (Lipinski definition) is 0. The lowest BCUT2D eigenvalue weighted by atomic mass is 10.5. The summed E-state index contributed by atoms with van der Waals surface area (Å²) in [6.07, 6.45) is -0.0885. The predicted molar refractivity (Wildman–Crippen MR) is 34.2 cm³/mol. The van der Waals surface area contributed by atoms with Gasteiger partial charge >= 0.3 is 5.97 Å². The van der Waals surface area contributed by atoms with E-state index < -0.39 is 11.1 Å². The third-order valence-corrected chi connectivity index (χ3v) is 0.808. The number of carbonyl (C=O) groups is 1. The molecule has 64 valence electrons.